The molecule has 4 rings (SSSR count). The summed E-state index contributed by atoms with van der Waals surface area (Å²) in [4.78, 5) is 17.2. The lowest BCUT2D eigenvalue weighted by Gasteiger charge is -2.31. The van der Waals surface area contributed by atoms with E-state index in [1.807, 2.05) is 18.2 Å². The van der Waals surface area contributed by atoms with E-state index in [1.165, 1.54) is 16.4 Å². The minimum absolute atomic E-state index is 0.0279. The molecule has 3 aromatic rings. The molecule has 1 atom stereocenters. The van der Waals surface area contributed by atoms with Crippen LogP contribution in [-0.4, -0.2) is 36.7 Å². The number of benzene rings is 2. The Hall–Kier alpha value is -2.84. The minimum atomic E-state index is -3.78. The van der Waals surface area contributed by atoms with E-state index in [9.17, 15) is 17.6 Å². The SMILES string of the molecule is O=C(Nc1cccc2ncccc12)C1CCCN(S(=O)(=O)c2ccc(F)cc2)C1. The molecule has 0 radical (unpaired) electrons. The molecule has 8 heteroatoms. The van der Waals surface area contributed by atoms with Crippen molar-refractivity contribution in [1.82, 2.24) is 9.29 Å². The third-order valence-electron chi connectivity index (χ3n) is 5.11. The number of halogens is 1. The van der Waals surface area contributed by atoms with Crippen molar-refractivity contribution < 1.29 is 17.6 Å². The number of nitrogens with one attached hydrogen (secondary N) is 1. The molecule has 0 saturated carbocycles. The molecule has 0 spiro atoms. The Kier molecular flexibility index (Phi) is 5.29. The summed E-state index contributed by atoms with van der Waals surface area (Å²) in [7, 11) is -3.78. The molecule has 1 amide bonds. The Bertz CT molecular complexity index is 1140. The third-order valence-corrected chi connectivity index (χ3v) is 6.99. The monoisotopic (exact) mass is 413 g/mol. The second-order valence-electron chi connectivity index (χ2n) is 7.02. The highest BCUT2D eigenvalue weighted by Crippen LogP contribution is 2.27. The fourth-order valence-corrected chi connectivity index (χ4v) is 5.10. The molecule has 1 saturated heterocycles. The van der Waals surface area contributed by atoms with E-state index in [0.717, 1.165) is 23.0 Å². The molecule has 0 aliphatic carbocycles. The maximum absolute atomic E-state index is 13.1. The zero-order chi connectivity index (χ0) is 20.4. The van der Waals surface area contributed by atoms with Gasteiger partial charge in [-0.15, -0.1) is 0 Å². The van der Waals surface area contributed by atoms with Crippen LogP contribution < -0.4 is 5.32 Å². The highest BCUT2D eigenvalue weighted by Gasteiger charge is 2.33. The summed E-state index contributed by atoms with van der Waals surface area (Å²) in [6, 6.07) is 13.9. The summed E-state index contributed by atoms with van der Waals surface area (Å²) in [6.45, 7) is 0.427. The summed E-state index contributed by atoms with van der Waals surface area (Å²) in [6.07, 6.45) is 2.87. The molecule has 6 nitrogen and oxygen atoms in total. The minimum Gasteiger partial charge on any atom is -0.325 e. The fourth-order valence-electron chi connectivity index (χ4n) is 3.58. The van der Waals surface area contributed by atoms with Gasteiger partial charge in [-0.05, 0) is 61.4 Å². The molecule has 1 unspecified atom stereocenters. The van der Waals surface area contributed by atoms with Gasteiger partial charge >= 0.3 is 0 Å². The number of anilines is 1. The summed E-state index contributed by atoms with van der Waals surface area (Å²) < 4.78 is 40.2. The second-order valence-corrected chi connectivity index (χ2v) is 8.96. The fraction of sp³-hybridized carbons (Fsp3) is 0.238. The van der Waals surface area contributed by atoms with Crippen LogP contribution in [0.1, 0.15) is 12.8 Å². The second kappa shape index (κ2) is 7.88. The van der Waals surface area contributed by atoms with Gasteiger partial charge in [0.1, 0.15) is 5.82 Å². The molecule has 1 aliphatic heterocycles. The molecule has 150 valence electrons. The number of aromatic nitrogens is 1. The van der Waals surface area contributed by atoms with Crippen LogP contribution in [0.4, 0.5) is 10.1 Å². The Morgan fingerprint density at radius 2 is 1.90 bits per heavy atom. The van der Waals surface area contributed by atoms with Crippen molar-refractivity contribution in [2.45, 2.75) is 17.7 Å². The first-order valence-electron chi connectivity index (χ1n) is 9.35. The molecule has 0 bridgehead atoms. The number of nitrogens with zero attached hydrogens (tertiary/aromatic N) is 2. The highest BCUT2D eigenvalue weighted by atomic mass is 32.2. The van der Waals surface area contributed by atoms with Gasteiger partial charge in [-0.2, -0.15) is 4.31 Å². The van der Waals surface area contributed by atoms with Crippen LogP contribution in [0.2, 0.25) is 0 Å². The van der Waals surface area contributed by atoms with Gasteiger partial charge in [-0.25, -0.2) is 12.8 Å². The maximum atomic E-state index is 13.1. The van der Waals surface area contributed by atoms with E-state index in [-0.39, 0.29) is 17.3 Å². The number of hydrogen-bond donors (Lipinski definition) is 1. The Labute approximate surface area is 168 Å². The van der Waals surface area contributed by atoms with Crippen molar-refractivity contribution >= 4 is 32.5 Å². The van der Waals surface area contributed by atoms with Crippen molar-refractivity contribution in [2.24, 2.45) is 5.92 Å². The van der Waals surface area contributed by atoms with Gasteiger partial charge in [0.25, 0.3) is 0 Å². The molecule has 2 aromatic carbocycles. The number of rotatable bonds is 4. The first-order valence-corrected chi connectivity index (χ1v) is 10.8. The number of hydrogen-bond acceptors (Lipinski definition) is 4. The molecule has 1 fully saturated rings. The number of amides is 1. The Morgan fingerprint density at radius 1 is 1.10 bits per heavy atom. The Morgan fingerprint density at radius 3 is 2.69 bits per heavy atom. The number of fused-ring (bicyclic) bond motifs is 1. The van der Waals surface area contributed by atoms with Crippen molar-refractivity contribution in [3.8, 4) is 0 Å². The average Bonchev–Trinajstić information content (AvgIpc) is 2.74. The van der Waals surface area contributed by atoms with Crippen molar-refractivity contribution in [3.63, 3.8) is 0 Å². The van der Waals surface area contributed by atoms with Gasteiger partial charge < -0.3 is 5.32 Å². The lowest BCUT2D eigenvalue weighted by molar-refractivity contribution is -0.120. The molecule has 1 N–H and O–H groups in total. The first-order chi connectivity index (χ1) is 13.9. The smallest absolute Gasteiger partial charge is 0.243 e. The van der Waals surface area contributed by atoms with E-state index in [1.54, 1.807) is 18.3 Å². The van der Waals surface area contributed by atoms with Crippen LogP contribution >= 0.6 is 0 Å². The topological polar surface area (TPSA) is 79.4 Å². The van der Waals surface area contributed by atoms with Crippen molar-refractivity contribution in [1.29, 1.82) is 0 Å². The van der Waals surface area contributed by atoms with E-state index >= 15 is 0 Å². The number of carbonyl (C=O) groups is 1. The van der Waals surface area contributed by atoms with Crippen LogP contribution in [-0.2, 0) is 14.8 Å². The van der Waals surface area contributed by atoms with Gasteiger partial charge in [-0.3, -0.25) is 9.78 Å². The first kappa shape index (κ1) is 19.5. The molecule has 1 aliphatic rings. The molecule has 2 heterocycles. The van der Waals surface area contributed by atoms with E-state index < -0.39 is 21.8 Å². The normalized spacial score (nSPS) is 17.9. The van der Waals surface area contributed by atoms with E-state index in [0.29, 0.717) is 25.1 Å². The van der Waals surface area contributed by atoms with Gasteiger partial charge in [0.05, 0.1) is 22.0 Å². The zero-order valence-corrected chi connectivity index (χ0v) is 16.4. The van der Waals surface area contributed by atoms with Crippen LogP contribution in [0, 0.1) is 11.7 Å². The lowest BCUT2D eigenvalue weighted by Crippen LogP contribution is -2.43. The maximum Gasteiger partial charge on any atom is 0.243 e. The van der Waals surface area contributed by atoms with Gasteiger partial charge in [0.15, 0.2) is 0 Å². The number of sulfonamides is 1. The average molecular weight is 413 g/mol. The van der Waals surface area contributed by atoms with Gasteiger partial charge in [-0.1, -0.05) is 6.07 Å². The van der Waals surface area contributed by atoms with E-state index in [2.05, 4.69) is 10.3 Å². The van der Waals surface area contributed by atoms with Gasteiger partial charge in [0.2, 0.25) is 15.9 Å². The van der Waals surface area contributed by atoms with E-state index in [4.69, 9.17) is 0 Å². The van der Waals surface area contributed by atoms with Crippen molar-refractivity contribution in [3.05, 3.63) is 66.6 Å². The van der Waals surface area contributed by atoms with Crippen molar-refractivity contribution in [2.75, 3.05) is 18.4 Å². The summed E-state index contributed by atoms with van der Waals surface area (Å²) in [5, 5.41) is 3.75. The summed E-state index contributed by atoms with van der Waals surface area (Å²) in [5.41, 5.74) is 1.42. The Balaban J connectivity index is 1.52. The van der Waals surface area contributed by atoms with Crippen LogP contribution in [0.3, 0.4) is 0 Å². The summed E-state index contributed by atoms with van der Waals surface area (Å²) in [5.74, 6) is -1.18. The number of pyridine rings is 1. The molecular weight excluding hydrogens is 393 g/mol. The standard InChI is InChI=1S/C21H20FN3O3S/c22-16-8-10-17(11-9-16)29(27,28)25-13-3-4-15(14-25)21(26)24-20-7-1-6-19-18(20)5-2-12-23-19/h1-2,5-12,15H,3-4,13-14H2,(H,24,26). The van der Waals surface area contributed by atoms with Crippen LogP contribution in [0.15, 0.2) is 65.7 Å². The zero-order valence-electron chi connectivity index (χ0n) is 15.6. The largest absolute Gasteiger partial charge is 0.325 e. The predicted molar refractivity (Wildman–Crippen MR) is 108 cm³/mol. The third kappa shape index (κ3) is 3.99. The predicted octanol–water partition coefficient (Wildman–Crippen LogP) is 3.41. The molecule has 1 aromatic heterocycles. The quantitative estimate of drug-likeness (QED) is 0.711. The molecular formula is C21H20FN3O3S. The van der Waals surface area contributed by atoms with Crippen LogP contribution in [0.5, 0.6) is 0 Å². The van der Waals surface area contributed by atoms with Crippen LogP contribution in [0.25, 0.3) is 10.9 Å². The highest BCUT2D eigenvalue weighted by molar-refractivity contribution is 7.89. The summed E-state index contributed by atoms with van der Waals surface area (Å²) >= 11 is 0. The van der Waals surface area contributed by atoms with Gasteiger partial charge in [0, 0.05) is 24.7 Å². The number of piperidine rings is 1. The number of carbonyl (C=O) groups excluding carboxylic acids is 1. The molecule has 29 heavy (non-hydrogen) atoms. The lowest BCUT2D eigenvalue weighted by atomic mass is 9.98.